The second-order valence-corrected chi connectivity index (χ2v) is 3.84. The number of carbonyl (C=O) groups excluding carboxylic acids is 1. The predicted molar refractivity (Wildman–Crippen MR) is 61.7 cm³/mol. The summed E-state index contributed by atoms with van der Waals surface area (Å²) in [6.45, 7) is 7.93. The molecule has 1 aromatic carbocycles. The lowest BCUT2D eigenvalue weighted by atomic mass is 10.1. The van der Waals surface area contributed by atoms with Gasteiger partial charge in [-0.05, 0) is 54.8 Å². The van der Waals surface area contributed by atoms with E-state index in [2.05, 4.69) is 6.58 Å². The van der Waals surface area contributed by atoms with Crippen LogP contribution in [0.25, 0.3) is 0 Å². The van der Waals surface area contributed by atoms with Gasteiger partial charge in [0.15, 0.2) is 0 Å². The Hall–Kier alpha value is -1.28. The van der Waals surface area contributed by atoms with Gasteiger partial charge in [-0.3, -0.25) is 4.79 Å². The molecule has 0 bridgehead atoms. The molecule has 1 rings (SSSR count). The van der Waals surface area contributed by atoms with Gasteiger partial charge in [-0.15, -0.1) is 0 Å². The first-order chi connectivity index (χ1) is 7.00. The molecule has 0 radical (unpaired) electrons. The minimum Gasteiger partial charge on any atom is -0.489 e. The normalized spacial score (nSPS) is 9.80. The molecule has 0 aliphatic heterocycles. The fourth-order valence-corrected chi connectivity index (χ4v) is 1.37. The summed E-state index contributed by atoms with van der Waals surface area (Å²) < 4.78 is 5.43. The summed E-state index contributed by atoms with van der Waals surface area (Å²) in [4.78, 5) is 11.0. The summed E-state index contributed by atoms with van der Waals surface area (Å²) in [7, 11) is 0. The van der Waals surface area contributed by atoms with Gasteiger partial charge in [0.25, 0.3) is 5.24 Å². The average molecular weight is 225 g/mol. The molecule has 80 valence electrons. The average Bonchev–Trinajstić information content (AvgIpc) is 2.14. The topological polar surface area (TPSA) is 26.3 Å². The van der Waals surface area contributed by atoms with Crippen molar-refractivity contribution < 1.29 is 9.53 Å². The molecule has 0 amide bonds. The van der Waals surface area contributed by atoms with E-state index < -0.39 is 5.24 Å². The minimum atomic E-state index is -0.445. The summed E-state index contributed by atoms with van der Waals surface area (Å²) in [6.07, 6.45) is 0. The van der Waals surface area contributed by atoms with E-state index in [1.165, 1.54) is 0 Å². The van der Waals surface area contributed by atoms with Crippen LogP contribution < -0.4 is 4.74 Å². The highest BCUT2D eigenvalue weighted by Crippen LogP contribution is 2.19. The number of halogens is 1. The SMILES string of the molecule is C=C(C)COc1ccc(C(=O)Cl)c(C)c1. The zero-order valence-corrected chi connectivity index (χ0v) is 9.60. The molecular weight excluding hydrogens is 212 g/mol. The summed E-state index contributed by atoms with van der Waals surface area (Å²) in [5, 5.41) is -0.445. The highest BCUT2D eigenvalue weighted by Gasteiger charge is 2.06. The standard InChI is InChI=1S/C12H13ClO2/c1-8(2)7-15-10-4-5-11(12(13)14)9(3)6-10/h4-6H,1,7H2,2-3H3. The Morgan fingerprint density at radius 3 is 2.67 bits per heavy atom. The highest BCUT2D eigenvalue weighted by molar-refractivity contribution is 6.67. The van der Waals surface area contributed by atoms with Crippen molar-refractivity contribution in [1.29, 1.82) is 0 Å². The van der Waals surface area contributed by atoms with Gasteiger partial charge < -0.3 is 4.74 Å². The quantitative estimate of drug-likeness (QED) is 0.579. The van der Waals surface area contributed by atoms with E-state index in [1.54, 1.807) is 18.2 Å². The summed E-state index contributed by atoms with van der Waals surface area (Å²) in [5.41, 5.74) is 2.28. The zero-order chi connectivity index (χ0) is 11.4. The second-order valence-electron chi connectivity index (χ2n) is 3.50. The van der Waals surface area contributed by atoms with Crippen molar-refractivity contribution >= 4 is 16.8 Å². The Bertz CT molecular complexity index is 397. The van der Waals surface area contributed by atoms with Crippen molar-refractivity contribution in [1.82, 2.24) is 0 Å². The molecule has 0 spiro atoms. The maximum atomic E-state index is 11.0. The molecule has 0 fully saturated rings. The van der Waals surface area contributed by atoms with Crippen LogP contribution >= 0.6 is 11.6 Å². The van der Waals surface area contributed by atoms with Crippen molar-refractivity contribution in [3.8, 4) is 5.75 Å². The van der Waals surface area contributed by atoms with Crippen LogP contribution in [-0.2, 0) is 0 Å². The van der Waals surface area contributed by atoms with Crippen molar-refractivity contribution in [2.45, 2.75) is 13.8 Å². The first-order valence-corrected chi connectivity index (χ1v) is 4.96. The van der Waals surface area contributed by atoms with Gasteiger partial charge >= 0.3 is 0 Å². The Morgan fingerprint density at radius 2 is 2.20 bits per heavy atom. The van der Waals surface area contributed by atoms with Gasteiger partial charge in [-0.2, -0.15) is 0 Å². The maximum Gasteiger partial charge on any atom is 0.252 e. The first-order valence-electron chi connectivity index (χ1n) is 4.58. The molecule has 0 N–H and O–H groups in total. The fourth-order valence-electron chi connectivity index (χ4n) is 1.15. The third kappa shape index (κ3) is 3.40. The molecule has 0 aliphatic rings. The van der Waals surface area contributed by atoms with Crippen LogP contribution in [0.1, 0.15) is 22.8 Å². The van der Waals surface area contributed by atoms with Gasteiger partial charge in [-0.1, -0.05) is 6.58 Å². The van der Waals surface area contributed by atoms with E-state index >= 15 is 0 Å². The monoisotopic (exact) mass is 224 g/mol. The molecule has 0 aliphatic carbocycles. The van der Waals surface area contributed by atoms with Gasteiger partial charge in [0, 0.05) is 5.56 Å². The first kappa shape index (κ1) is 11.8. The molecule has 3 heteroatoms. The molecule has 0 heterocycles. The molecule has 1 aromatic rings. The van der Waals surface area contributed by atoms with Crippen LogP contribution in [0, 0.1) is 6.92 Å². The van der Waals surface area contributed by atoms with E-state index in [1.807, 2.05) is 13.8 Å². The van der Waals surface area contributed by atoms with Crippen LogP contribution in [0.4, 0.5) is 0 Å². The predicted octanol–water partition coefficient (Wildman–Crippen LogP) is 3.33. The van der Waals surface area contributed by atoms with Gasteiger partial charge in [0.1, 0.15) is 12.4 Å². The molecule has 0 saturated carbocycles. The number of aryl methyl sites for hydroxylation is 1. The highest BCUT2D eigenvalue weighted by atomic mass is 35.5. The van der Waals surface area contributed by atoms with Crippen LogP contribution in [0.15, 0.2) is 30.4 Å². The number of ether oxygens (including phenoxy) is 1. The summed E-state index contributed by atoms with van der Waals surface area (Å²) >= 11 is 5.39. The molecule has 0 saturated heterocycles. The van der Waals surface area contributed by atoms with Gasteiger partial charge in [-0.25, -0.2) is 0 Å². The lowest BCUT2D eigenvalue weighted by Gasteiger charge is -2.07. The second kappa shape index (κ2) is 4.99. The van der Waals surface area contributed by atoms with Crippen molar-refractivity contribution in [3.63, 3.8) is 0 Å². The smallest absolute Gasteiger partial charge is 0.252 e. The number of hydrogen-bond acceptors (Lipinski definition) is 2. The fraction of sp³-hybridized carbons (Fsp3) is 0.250. The zero-order valence-electron chi connectivity index (χ0n) is 8.84. The van der Waals surface area contributed by atoms with Gasteiger partial charge in [0.05, 0.1) is 0 Å². The van der Waals surface area contributed by atoms with E-state index in [4.69, 9.17) is 16.3 Å². The van der Waals surface area contributed by atoms with Crippen molar-refractivity contribution in [2.24, 2.45) is 0 Å². The van der Waals surface area contributed by atoms with Crippen LogP contribution in [0.3, 0.4) is 0 Å². The maximum absolute atomic E-state index is 11.0. The molecule has 2 nitrogen and oxygen atoms in total. The minimum absolute atomic E-state index is 0.445. The number of hydrogen-bond donors (Lipinski definition) is 0. The lowest BCUT2D eigenvalue weighted by Crippen LogP contribution is -1.99. The molecule has 15 heavy (non-hydrogen) atoms. The largest absolute Gasteiger partial charge is 0.489 e. The Morgan fingerprint density at radius 1 is 1.53 bits per heavy atom. The summed E-state index contributed by atoms with van der Waals surface area (Å²) in [5.74, 6) is 0.720. The number of carbonyl (C=O) groups is 1. The van der Waals surface area contributed by atoms with Crippen LogP contribution in [-0.4, -0.2) is 11.8 Å². The van der Waals surface area contributed by atoms with Crippen molar-refractivity contribution in [2.75, 3.05) is 6.61 Å². The third-order valence-electron chi connectivity index (χ3n) is 1.89. The van der Waals surface area contributed by atoms with Gasteiger partial charge in [0.2, 0.25) is 0 Å². The molecule has 0 unspecified atom stereocenters. The molecule has 0 aromatic heterocycles. The lowest BCUT2D eigenvalue weighted by molar-refractivity contribution is 0.108. The van der Waals surface area contributed by atoms with Crippen LogP contribution in [0.2, 0.25) is 0 Å². The Kier molecular flexibility index (Phi) is 3.92. The number of rotatable bonds is 4. The third-order valence-corrected chi connectivity index (χ3v) is 2.10. The number of benzene rings is 1. The Labute approximate surface area is 94.5 Å². The van der Waals surface area contributed by atoms with E-state index in [0.29, 0.717) is 12.2 Å². The van der Waals surface area contributed by atoms with Crippen LogP contribution in [0.5, 0.6) is 5.75 Å². The van der Waals surface area contributed by atoms with E-state index in [-0.39, 0.29) is 0 Å². The molecular formula is C12H13ClO2. The summed E-state index contributed by atoms with van der Waals surface area (Å²) in [6, 6.07) is 5.18. The van der Waals surface area contributed by atoms with E-state index in [0.717, 1.165) is 16.9 Å². The van der Waals surface area contributed by atoms with E-state index in [9.17, 15) is 4.79 Å². The van der Waals surface area contributed by atoms with Crippen molar-refractivity contribution in [3.05, 3.63) is 41.5 Å². The molecule has 0 atom stereocenters. The Balaban J connectivity index is 2.82.